The van der Waals surface area contributed by atoms with Gasteiger partial charge in [0.25, 0.3) is 0 Å². The number of nitrogens with one attached hydrogen (secondary N) is 1. The quantitative estimate of drug-likeness (QED) is 0.914. The molecule has 0 fully saturated rings. The van der Waals surface area contributed by atoms with Gasteiger partial charge in [-0.05, 0) is 42.0 Å². The maximum Gasteiger partial charge on any atom is 0.118 e. The highest BCUT2D eigenvalue weighted by molar-refractivity contribution is 6.30. The van der Waals surface area contributed by atoms with Crippen LogP contribution >= 0.6 is 11.6 Å². The summed E-state index contributed by atoms with van der Waals surface area (Å²) in [5, 5.41) is 2.78. The third-order valence-electron chi connectivity index (χ3n) is 4.21. The molecule has 5 heteroatoms. The zero-order valence-electron chi connectivity index (χ0n) is 13.4. The Morgan fingerprint density at radius 1 is 1.04 bits per heavy atom. The van der Waals surface area contributed by atoms with Crippen molar-refractivity contribution in [1.29, 1.82) is 0 Å². The standard InChI is InChI=1S/C19H18ClN3O/c1-24-18-8-2-14(3-9-18)10-22-11-15-12-23(21-19(15)13-22)17-6-4-16(20)5-7-17/h2-9,12-13,21H,10-11H2,1H3. The number of hydrazine groups is 1. The number of ether oxygens (including phenoxy) is 1. The van der Waals surface area contributed by atoms with E-state index >= 15 is 0 Å². The number of nitrogens with zero attached hydrogens (tertiary/aromatic N) is 2. The summed E-state index contributed by atoms with van der Waals surface area (Å²) in [6.45, 7) is 1.78. The number of hydrogen-bond acceptors (Lipinski definition) is 4. The second-order valence-corrected chi connectivity index (χ2v) is 6.34. The van der Waals surface area contributed by atoms with E-state index in [2.05, 4.69) is 34.9 Å². The molecule has 24 heavy (non-hydrogen) atoms. The van der Waals surface area contributed by atoms with Crippen molar-refractivity contribution < 1.29 is 4.74 Å². The first-order valence-corrected chi connectivity index (χ1v) is 8.20. The van der Waals surface area contributed by atoms with E-state index in [1.54, 1.807) is 7.11 Å². The Labute approximate surface area is 146 Å². The third-order valence-corrected chi connectivity index (χ3v) is 4.46. The number of hydrogen-bond donors (Lipinski definition) is 1. The fourth-order valence-electron chi connectivity index (χ4n) is 2.95. The molecular weight excluding hydrogens is 322 g/mol. The van der Waals surface area contributed by atoms with E-state index in [1.165, 1.54) is 11.1 Å². The van der Waals surface area contributed by atoms with E-state index in [0.717, 1.165) is 35.2 Å². The van der Waals surface area contributed by atoms with E-state index in [1.807, 2.05) is 41.4 Å². The number of halogens is 1. The van der Waals surface area contributed by atoms with Crippen LogP contribution in [-0.4, -0.2) is 18.6 Å². The molecular formula is C19H18ClN3O. The maximum atomic E-state index is 5.95. The maximum absolute atomic E-state index is 5.95. The molecule has 2 heterocycles. The topological polar surface area (TPSA) is 27.7 Å². The fourth-order valence-corrected chi connectivity index (χ4v) is 3.08. The summed E-state index contributed by atoms with van der Waals surface area (Å²) in [6, 6.07) is 16.0. The van der Waals surface area contributed by atoms with Gasteiger partial charge in [-0.1, -0.05) is 23.7 Å². The lowest BCUT2D eigenvalue weighted by atomic mass is 10.2. The Bertz CT molecular complexity index is 796. The first-order valence-electron chi connectivity index (χ1n) is 7.82. The lowest BCUT2D eigenvalue weighted by Gasteiger charge is -2.19. The molecule has 0 bridgehead atoms. The van der Waals surface area contributed by atoms with Gasteiger partial charge in [0, 0.05) is 36.1 Å². The number of fused-ring (bicyclic) bond motifs is 1. The van der Waals surface area contributed by atoms with Crippen molar-refractivity contribution in [2.24, 2.45) is 0 Å². The molecule has 0 atom stereocenters. The van der Waals surface area contributed by atoms with Crippen LogP contribution in [0.5, 0.6) is 5.75 Å². The van der Waals surface area contributed by atoms with Crippen molar-refractivity contribution in [2.75, 3.05) is 18.7 Å². The number of rotatable bonds is 4. The average molecular weight is 340 g/mol. The second kappa shape index (κ2) is 6.13. The monoisotopic (exact) mass is 339 g/mol. The van der Waals surface area contributed by atoms with E-state index in [-0.39, 0.29) is 0 Å². The molecule has 0 saturated carbocycles. The van der Waals surface area contributed by atoms with Gasteiger partial charge in [0.15, 0.2) is 0 Å². The number of benzene rings is 2. The number of methoxy groups -OCH3 is 1. The Balaban J connectivity index is 1.42. The molecule has 4 nitrogen and oxygen atoms in total. The fraction of sp³-hybridized carbons (Fsp3) is 0.158. The lowest BCUT2D eigenvalue weighted by Crippen LogP contribution is -2.27. The number of anilines is 1. The van der Waals surface area contributed by atoms with Gasteiger partial charge in [-0.25, -0.2) is 0 Å². The highest BCUT2D eigenvalue weighted by Gasteiger charge is 2.25. The predicted octanol–water partition coefficient (Wildman–Crippen LogP) is 3.91. The minimum Gasteiger partial charge on any atom is -0.497 e. The van der Waals surface area contributed by atoms with Crippen LogP contribution in [0.2, 0.25) is 5.02 Å². The largest absolute Gasteiger partial charge is 0.497 e. The molecule has 0 aromatic heterocycles. The van der Waals surface area contributed by atoms with Gasteiger partial charge in [0.2, 0.25) is 0 Å². The summed E-state index contributed by atoms with van der Waals surface area (Å²) in [4.78, 5) is 2.30. The average Bonchev–Trinajstić information content (AvgIpc) is 3.14. The van der Waals surface area contributed by atoms with Crippen LogP contribution in [0.4, 0.5) is 5.69 Å². The van der Waals surface area contributed by atoms with Crippen LogP contribution < -0.4 is 15.2 Å². The normalized spacial score (nSPS) is 15.8. The minimum atomic E-state index is 0.746. The second-order valence-electron chi connectivity index (χ2n) is 5.91. The molecule has 2 aliphatic heterocycles. The molecule has 0 spiro atoms. The Kier molecular flexibility index (Phi) is 3.82. The predicted molar refractivity (Wildman–Crippen MR) is 96.6 cm³/mol. The van der Waals surface area contributed by atoms with E-state index in [4.69, 9.17) is 16.3 Å². The summed E-state index contributed by atoms with van der Waals surface area (Å²) >= 11 is 5.95. The minimum absolute atomic E-state index is 0.746. The van der Waals surface area contributed by atoms with Gasteiger partial charge >= 0.3 is 0 Å². The molecule has 122 valence electrons. The van der Waals surface area contributed by atoms with E-state index in [0.29, 0.717) is 0 Å². The van der Waals surface area contributed by atoms with Crippen molar-refractivity contribution in [3.63, 3.8) is 0 Å². The van der Waals surface area contributed by atoms with Gasteiger partial charge in [-0.15, -0.1) is 0 Å². The molecule has 2 aromatic rings. The smallest absolute Gasteiger partial charge is 0.118 e. The van der Waals surface area contributed by atoms with Crippen LogP contribution in [0, 0.1) is 0 Å². The van der Waals surface area contributed by atoms with Crippen molar-refractivity contribution >= 4 is 17.3 Å². The van der Waals surface area contributed by atoms with Crippen molar-refractivity contribution in [1.82, 2.24) is 10.3 Å². The lowest BCUT2D eigenvalue weighted by molar-refractivity contribution is 0.409. The van der Waals surface area contributed by atoms with Crippen LogP contribution in [0.1, 0.15) is 5.56 Å². The van der Waals surface area contributed by atoms with Gasteiger partial charge in [0.1, 0.15) is 5.75 Å². The van der Waals surface area contributed by atoms with E-state index in [9.17, 15) is 0 Å². The summed E-state index contributed by atoms with van der Waals surface area (Å²) in [5.41, 5.74) is 8.20. The molecule has 0 amide bonds. The van der Waals surface area contributed by atoms with Crippen LogP contribution in [-0.2, 0) is 6.54 Å². The molecule has 1 N–H and O–H groups in total. The Morgan fingerprint density at radius 3 is 2.46 bits per heavy atom. The van der Waals surface area contributed by atoms with Crippen LogP contribution in [0.15, 0.2) is 72.2 Å². The van der Waals surface area contributed by atoms with E-state index < -0.39 is 0 Å². The van der Waals surface area contributed by atoms with Crippen LogP contribution in [0.3, 0.4) is 0 Å². The molecule has 2 aliphatic rings. The Morgan fingerprint density at radius 2 is 1.79 bits per heavy atom. The SMILES string of the molecule is COc1ccc(CN2C=C3NN(c4ccc(Cl)cc4)C=C3C2)cc1. The highest BCUT2D eigenvalue weighted by atomic mass is 35.5. The molecule has 0 aliphatic carbocycles. The summed E-state index contributed by atoms with van der Waals surface area (Å²) in [5.74, 6) is 0.887. The van der Waals surface area contributed by atoms with Crippen molar-refractivity contribution in [3.8, 4) is 5.75 Å². The molecule has 0 unspecified atom stereocenters. The summed E-state index contributed by atoms with van der Waals surface area (Å²) < 4.78 is 5.20. The zero-order chi connectivity index (χ0) is 16.5. The Hall–Kier alpha value is -2.59. The van der Waals surface area contributed by atoms with Crippen molar-refractivity contribution in [3.05, 3.63) is 82.8 Å². The summed E-state index contributed by atoms with van der Waals surface area (Å²) in [7, 11) is 1.69. The zero-order valence-corrected chi connectivity index (χ0v) is 14.1. The van der Waals surface area contributed by atoms with Gasteiger partial charge < -0.3 is 9.64 Å². The first-order chi connectivity index (χ1) is 11.7. The first kappa shape index (κ1) is 15.0. The van der Waals surface area contributed by atoms with Crippen molar-refractivity contribution in [2.45, 2.75) is 6.54 Å². The molecule has 0 saturated heterocycles. The molecule has 4 rings (SSSR count). The van der Waals surface area contributed by atoms with Gasteiger partial charge in [0.05, 0.1) is 18.5 Å². The molecule has 2 aromatic carbocycles. The highest BCUT2D eigenvalue weighted by Crippen LogP contribution is 2.29. The van der Waals surface area contributed by atoms with Gasteiger partial charge in [-0.3, -0.25) is 10.4 Å². The summed E-state index contributed by atoms with van der Waals surface area (Å²) in [6.07, 6.45) is 4.31. The molecule has 0 radical (unpaired) electrons. The third kappa shape index (κ3) is 2.93. The van der Waals surface area contributed by atoms with Crippen LogP contribution in [0.25, 0.3) is 0 Å². The van der Waals surface area contributed by atoms with Gasteiger partial charge in [-0.2, -0.15) is 0 Å².